The second kappa shape index (κ2) is 12.0. The van der Waals surface area contributed by atoms with Crippen LogP contribution in [0.25, 0.3) is 0 Å². The van der Waals surface area contributed by atoms with Gasteiger partial charge in [0.05, 0.1) is 12.2 Å². The lowest BCUT2D eigenvalue weighted by Gasteiger charge is -2.30. The van der Waals surface area contributed by atoms with Gasteiger partial charge < -0.3 is 4.74 Å². The first-order valence-electron chi connectivity index (χ1n) is 11.1. The number of rotatable bonds is 9. The molecule has 0 aliphatic heterocycles. The highest BCUT2D eigenvalue weighted by molar-refractivity contribution is 6.32. The highest BCUT2D eigenvalue weighted by Crippen LogP contribution is 2.27. The van der Waals surface area contributed by atoms with Crippen LogP contribution in [0.5, 0.6) is 0 Å². The summed E-state index contributed by atoms with van der Waals surface area (Å²) < 4.78 is 40.8. The molecule has 0 unspecified atom stereocenters. The van der Waals surface area contributed by atoms with E-state index >= 15 is 0 Å². The topological polar surface area (TPSA) is 111 Å². The summed E-state index contributed by atoms with van der Waals surface area (Å²) in [4.78, 5) is 33.7. The van der Waals surface area contributed by atoms with Crippen LogP contribution < -0.4 is 5.43 Å². The van der Waals surface area contributed by atoms with Crippen molar-refractivity contribution in [2.75, 3.05) is 25.6 Å². The zero-order chi connectivity index (χ0) is 26.3. The second-order valence-corrected chi connectivity index (χ2v) is 8.70. The van der Waals surface area contributed by atoms with Crippen molar-refractivity contribution in [3.8, 4) is 6.07 Å². The molecule has 3 rings (SSSR count). The maximum absolute atomic E-state index is 13.4. The van der Waals surface area contributed by atoms with E-state index in [-0.39, 0.29) is 35.2 Å². The molecule has 13 heteroatoms. The molecular formula is C23H24ClF3N6O3. The number of ether oxygens (including phenoxy) is 1. The number of nitrogens with one attached hydrogen (secondary N) is 1. The van der Waals surface area contributed by atoms with Crippen LogP contribution in [0.1, 0.15) is 47.4 Å². The van der Waals surface area contributed by atoms with E-state index in [2.05, 4.69) is 20.1 Å². The van der Waals surface area contributed by atoms with Gasteiger partial charge in [0, 0.05) is 18.7 Å². The first-order chi connectivity index (χ1) is 17.1. The Labute approximate surface area is 210 Å². The van der Waals surface area contributed by atoms with Gasteiger partial charge in [-0.05, 0) is 37.6 Å². The number of hydrogen-bond acceptors (Lipinski definition) is 8. The fraction of sp³-hybridized carbons (Fsp3) is 0.435. The third-order valence-electron chi connectivity index (χ3n) is 5.57. The molecule has 1 fully saturated rings. The number of halogens is 4. The van der Waals surface area contributed by atoms with Gasteiger partial charge in [0.15, 0.2) is 5.82 Å². The number of nitriles is 1. The number of benzene rings is 1. The van der Waals surface area contributed by atoms with Crippen molar-refractivity contribution in [3.63, 3.8) is 0 Å². The highest BCUT2D eigenvalue weighted by atomic mass is 35.5. The number of nitrogens with zero attached hydrogens (tertiary/aromatic N) is 5. The van der Waals surface area contributed by atoms with E-state index < -0.39 is 18.8 Å². The van der Waals surface area contributed by atoms with E-state index in [1.807, 2.05) is 6.07 Å². The Morgan fingerprint density at radius 2 is 1.92 bits per heavy atom. The summed E-state index contributed by atoms with van der Waals surface area (Å²) in [5, 5.41) is 10.7. The molecule has 0 spiro atoms. The van der Waals surface area contributed by atoms with Crippen LogP contribution in [0.4, 0.5) is 19.0 Å². The molecule has 0 saturated heterocycles. The number of esters is 1. The Kier molecular flexibility index (Phi) is 9.06. The molecular weight excluding hydrogens is 501 g/mol. The van der Waals surface area contributed by atoms with Gasteiger partial charge in [-0.2, -0.15) is 23.4 Å². The minimum atomic E-state index is -5.01. The van der Waals surface area contributed by atoms with Crippen molar-refractivity contribution in [3.05, 3.63) is 52.4 Å². The smallest absolute Gasteiger partial charge is 0.458 e. The molecule has 1 amide bonds. The average Bonchev–Trinajstić information content (AvgIpc) is 3.37. The summed E-state index contributed by atoms with van der Waals surface area (Å²) in [6.45, 7) is 0.0783. The normalized spacial score (nSPS) is 13.9. The summed E-state index contributed by atoms with van der Waals surface area (Å²) in [7, 11) is 1.67. The van der Waals surface area contributed by atoms with Crippen molar-refractivity contribution in [1.82, 2.24) is 19.9 Å². The van der Waals surface area contributed by atoms with Crippen molar-refractivity contribution in [2.24, 2.45) is 0 Å². The molecule has 1 saturated carbocycles. The minimum Gasteiger partial charge on any atom is -0.458 e. The number of likely N-dealkylation sites (N-methyl/N-ethyl adjacent to an activating group) is 1. The van der Waals surface area contributed by atoms with E-state index in [4.69, 9.17) is 16.9 Å². The van der Waals surface area contributed by atoms with Gasteiger partial charge in [0.25, 0.3) is 5.91 Å². The number of carbonyl (C=O) groups excluding carboxylic acids is 2. The lowest BCUT2D eigenvalue weighted by atomic mass is 10.1. The molecule has 36 heavy (non-hydrogen) atoms. The molecule has 192 valence electrons. The Bertz CT molecular complexity index is 1120. The van der Waals surface area contributed by atoms with Crippen LogP contribution in [-0.2, 0) is 16.1 Å². The maximum Gasteiger partial charge on any atom is 0.490 e. The van der Waals surface area contributed by atoms with Crippen molar-refractivity contribution in [1.29, 1.82) is 5.26 Å². The summed E-state index contributed by atoms with van der Waals surface area (Å²) in [5.74, 6) is -2.43. The van der Waals surface area contributed by atoms with Gasteiger partial charge in [0.2, 0.25) is 5.82 Å². The van der Waals surface area contributed by atoms with Gasteiger partial charge in [-0.25, -0.2) is 14.8 Å². The van der Waals surface area contributed by atoms with Crippen LogP contribution in [0.2, 0.25) is 5.02 Å². The van der Waals surface area contributed by atoms with Crippen molar-refractivity contribution < 1.29 is 27.5 Å². The standard InChI is InChI=1S/C23H24ClF3N6O3/c1-32(10-11-36-22(35)23(25,26)27)14-15-6-8-16(9-7-15)21(34)33(17-4-2-3-5-17)31-20-18(24)13-29-19(12-28)30-20/h6-9,13,17H,2-5,10-11,14H2,1H3,(H,29,30,31). The molecule has 9 nitrogen and oxygen atoms in total. The monoisotopic (exact) mass is 524 g/mol. The van der Waals surface area contributed by atoms with Crippen LogP contribution in [0.3, 0.4) is 0 Å². The fourth-order valence-electron chi connectivity index (χ4n) is 3.74. The Balaban J connectivity index is 1.65. The number of hydrogen-bond donors (Lipinski definition) is 1. The lowest BCUT2D eigenvalue weighted by Crippen LogP contribution is -2.43. The van der Waals surface area contributed by atoms with Gasteiger partial charge in [-0.1, -0.05) is 36.6 Å². The Hall–Kier alpha value is -3.43. The second-order valence-electron chi connectivity index (χ2n) is 8.30. The Morgan fingerprint density at radius 1 is 1.25 bits per heavy atom. The number of amides is 1. The zero-order valence-electron chi connectivity index (χ0n) is 19.4. The number of alkyl halides is 3. The molecule has 1 aliphatic carbocycles. The van der Waals surface area contributed by atoms with Gasteiger partial charge in [-0.3, -0.25) is 15.1 Å². The SMILES string of the molecule is CN(CCOC(=O)C(F)(F)F)Cc1ccc(C(=O)N(Nc2nc(C#N)ncc2Cl)C2CCCC2)cc1. The van der Waals surface area contributed by atoms with Gasteiger partial charge in [0.1, 0.15) is 17.7 Å². The van der Waals surface area contributed by atoms with Gasteiger partial charge in [-0.15, -0.1) is 0 Å². The molecule has 1 aromatic carbocycles. The third kappa shape index (κ3) is 7.29. The quantitative estimate of drug-likeness (QED) is 0.388. The highest BCUT2D eigenvalue weighted by Gasteiger charge is 2.40. The number of aromatic nitrogens is 2. The lowest BCUT2D eigenvalue weighted by molar-refractivity contribution is -0.199. The summed E-state index contributed by atoms with van der Waals surface area (Å²) in [6.07, 6.45) is -0.176. The predicted octanol–water partition coefficient (Wildman–Crippen LogP) is 3.95. The number of carbonyl (C=O) groups is 2. The number of anilines is 1. The first-order valence-corrected chi connectivity index (χ1v) is 11.5. The van der Waals surface area contributed by atoms with Gasteiger partial charge >= 0.3 is 12.1 Å². The first kappa shape index (κ1) is 27.2. The van der Waals surface area contributed by atoms with Crippen molar-refractivity contribution in [2.45, 2.75) is 44.4 Å². The fourth-order valence-corrected chi connectivity index (χ4v) is 3.88. The van der Waals surface area contributed by atoms with E-state index in [0.29, 0.717) is 12.1 Å². The Morgan fingerprint density at radius 3 is 2.53 bits per heavy atom. The summed E-state index contributed by atoms with van der Waals surface area (Å²) in [6, 6.07) is 8.55. The minimum absolute atomic E-state index is 0.0811. The maximum atomic E-state index is 13.4. The molecule has 1 N–H and O–H groups in total. The molecule has 0 bridgehead atoms. The zero-order valence-corrected chi connectivity index (χ0v) is 20.1. The third-order valence-corrected chi connectivity index (χ3v) is 5.85. The van der Waals surface area contributed by atoms with Crippen LogP contribution in [0.15, 0.2) is 30.5 Å². The van der Waals surface area contributed by atoms with Crippen LogP contribution >= 0.6 is 11.6 Å². The summed E-state index contributed by atoms with van der Waals surface area (Å²) >= 11 is 6.18. The van der Waals surface area contributed by atoms with E-state index in [0.717, 1.165) is 31.2 Å². The molecule has 1 heterocycles. The van der Waals surface area contributed by atoms with E-state index in [9.17, 15) is 22.8 Å². The molecule has 0 radical (unpaired) electrons. The number of hydrazine groups is 1. The molecule has 1 aromatic heterocycles. The van der Waals surface area contributed by atoms with Crippen LogP contribution in [-0.4, -0.2) is 64.2 Å². The predicted molar refractivity (Wildman–Crippen MR) is 124 cm³/mol. The van der Waals surface area contributed by atoms with Crippen LogP contribution in [0, 0.1) is 11.3 Å². The molecule has 2 aromatic rings. The summed E-state index contributed by atoms with van der Waals surface area (Å²) in [5.41, 5.74) is 4.19. The average molecular weight is 525 g/mol. The van der Waals surface area contributed by atoms with Crippen molar-refractivity contribution >= 4 is 29.3 Å². The van der Waals surface area contributed by atoms with E-state index in [1.54, 1.807) is 36.2 Å². The van der Waals surface area contributed by atoms with E-state index in [1.165, 1.54) is 11.2 Å². The molecule has 1 aliphatic rings. The largest absolute Gasteiger partial charge is 0.490 e. The molecule has 0 atom stereocenters.